The second-order valence-electron chi connectivity index (χ2n) is 5.19. The summed E-state index contributed by atoms with van der Waals surface area (Å²) in [5.74, 6) is -0.578. The zero-order valence-electron chi connectivity index (χ0n) is 12.4. The molecule has 0 bridgehead atoms. The lowest BCUT2D eigenvalue weighted by atomic mass is 10.2. The Morgan fingerprint density at radius 2 is 1.70 bits per heavy atom. The van der Waals surface area contributed by atoms with Crippen LogP contribution in [0.5, 0.6) is 0 Å². The summed E-state index contributed by atoms with van der Waals surface area (Å²) in [5, 5.41) is 9.25. The number of piperazine rings is 1. The molecule has 7 nitrogen and oxygen atoms in total. The molecule has 23 heavy (non-hydrogen) atoms. The van der Waals surface area contributed by atoms with E-state index in [0.29, 0.717) is 37.6 Å². The van der Waals surface area contributed by atoms with Gasteiger partial charge in [-0.2, -0.15) is 0 Å². The van der Waals surface area contributed by atoms with Gasteiger partial charge in [0.15, 0.2) is 0 Å². The van der Waals surface area contributed by atoms with Gasteiger partial charge in [-0.25, -0.2) is 9.78 Å². The summed E-state index contributed by atoms with van der Waals surface area (Å²) in [6.45, 7) is 2.15. The number of hydrogen-bond acceptors (Lipinski definition) is 5. The minimum atomic E-state index is -0.997. The fourth-order valence-electron chi connectivity index (χ4n) is 2.61. The van der Waals surface area contributed by atoms with Crippen molar-refractivity contribution in [1.29, 1.82) is 0 Å². The lowest BCUT2D eigenvalue weighted by molar-refractivity contribution is 0.0692. The van der Waals surface area contributed by atoms with Gasteiger partial charge in [-0.15, -0.1) is 0 Å². The lowest BCUT2D eigenvalue weighted by Gasteiger charge is -2.35. The second-order valence-corrected chi connectivity index (χ2v) is 5.19. The number of carbonyl (C=O) groups is 2. The van der Waals surface area contributed by atoms with Gasteiger partial charge in [0, 0.05) is 50.3 Å². The third-order valence-corrected chi connectivity index (χ3v) is 3.81. The van der Waals surface area contributed by atoms with E-state index >= 15 is 0 Å². The maximum atomic E-state index is 12.4. The van der Waals surface area contributed by atoms with E-state index in [1.807, 2.05) is 4.90 Å². The number of carbonyl (C=O) groups excluding carboxylic acids is 1. The molecule has 0 aliphatic carbocycles. The highest BCUT2D eigenvalue weighted by Crippen LogP contribution is 2.19. The number of anilines is 1. The normalized spacial score (nSPS) is 14.6. The van der Waals surface area contributed by atoms with E-state index in [4.69, 9.17) is 0 Å². The summed E-state index contributed by atoms with van der Waals surface area (Å²) in [6, 6.07) is 6.53. The van der Waals surface area contributed by atoms with Gasteiger partial charge in [0.2, 0.25) is 0 Å². The fraction of sp³-hybridized carbons (Fsp3) is 0.250. The Labute approximate surface area is 133 Å². The molecule has 0 aromatic carbocycles. The van der Waals surface area contributed by atoms with Crippen LogP contribution in [-0.4, -0.2) is 58.0 Å². The molecule has 118 valence electrons. The molecule has 1 amide bonds. The van der Waals surface area contributed by atoms with Crippen molar-refractivity contribution in [3.63, 3.8) is 0 Å². The van der Waals surface area contributed by atoms with Crippen molar-refractivity contribution in [3.8, 4) is 0 Å². The summed E-state index contributed by atoms with van der Waals surface area (Å²) < 4.78 is 0. The van der Waals surface area contributed by atoms with Crippen LogP contribution in [0.3, 0.4) is 0 Å². The summed E-state index contributed by atoms with van der Waals surface area (Å²) in [5.41, 5.74) is 0.791. The molecular weight excluding hydrogens is 296 g/mol. The maximum absolute atomic E-state index is 12.4. The Morgan fingerprint density at radius 1 is 1.00 bits per heavy atom. The molecule has 1 N–H and O–H groups in total. The van der Waals surface area contributed by atoms with Gasteiger partial charge in [0.25, 0.3) is 5.91 Å². The van der Waals surface area contributed by atoms with Gasteiger partial charge in [-0.1, -0.05) is 0 Å². The number of amides is 1. The molecule has 1 saturated heterocycles. The van der Waals surface area contributed by atoms with Crippen molar-refractivity contribution >= 4 is 17.7 Å². The molecule has 0 unspecified atom stereocenters. The Kier molecular flexibility index (Phi) is 4.18. The molecular formula is C16H16N4O3. The number of aromatic carboxylic acids is 1. The smallest absolute Gasteiger partial charge is 0.339 e. The van der Waals surface area contributed by atoms with Crippen molar-refractivity contribution in [3.05, 3.63) is 54.0 Å². The first-order valence-corrected chi connectivity index (χ1v) is 7.29. The monoisotopic (exact) mass is 312 g/mol. The molecule has 0 atom stereocenters. The molecule has 3 heterocycles. The molecule has 1 fully saturated rings. The predicted octanol–water partition coefficient (Wildman–Crippen LogP) is 1.14. The van der Waals surface area contributed by atoms with Gasteiger partial charge in [0.05, 0.1) is 0 Å². The van der Waals surface area contributed by atoms with E-state index in [1.165, 1.54) is 0 Å². The number of nitrogens with zero attached hydrogens (tertiary/aromatic N) is 4. The average Bonchev–Trinajstić information content (AvgIpc) is 2.62. The van der Waals surface area contributed by atoms with Gasteiger partial charge in [-0.3, -0.25) is 9.78 Å². The molecule has 0 radical (unpaired) electrons. The van der Waals surface area contributed by atoms with Gasteiger partial charge >= 0.3 is 5.97 Å². The molecule has 0 spiro atoms. The standard InChI is InChI=1S/C16H16N4O3/c21-15(12-3-6-17-7-4-12)20-10-8-19(9-11-20)14-13(16(22)23)2-1-5-18-14/h1-7H,8-11H2,(H,22,23). The van der Waals surface area contributed by atoms with Crippen molar-refractivity contribution in [2.45, 2.75) is 0 Å². The van der Waals surface area contributed by atoms with Crippen LogP contribution in [0.2, 0.25) is 0 Å². The Bertz CT molecular complexity index is 712. The topological polar surface area (TPSA) is 86.6 Å². The zero-order chi connectivity index (χ0) is 16.2. The van der Waals surface area contributed by atoms with Crippen LogP contribution in [0.25, 0.3) is 0 Å². The van der Waals surface area contributed by atoms with E-state index in [-0.39, 0.29) is 11.5 Å². The molecule has 2 aromatic rings. The van der Waals surface area contributed by atoms with E-state index in [9.17, 15) is 14.7 Å². The van der Waals surface area contributed by atoms with Crippen LogP contribution in [-0.2, 0) is 0 Å². The van der Waals surface area contributed by atoms with Crippen molar-refractivity contribution in [1.82, 2.24) is 14.9 Å². The molecule has 1 aliphatic heterocycles. The highest BCUT2D eigenvalue weighted by atomic mass is 16.4. The van der Waals surface area contributed by atoms with E-state index < -0.39 is 5.97 Å². The number of aromatic nitrogens is 2. The average molecular weight is 312 g/mol. The molecule has 0 saturated carbocycles. The number of hydrogen-bond donors (Lipinski definition) is 1. The Balaban J connectivity index is 1.70. The first-order chi connectivity index (χ1) is 11.2. The van der Waals surface area contributed by atoms with Crippen LogP contribution in [0, 0.1) is 0 Å². The molecule has 7 heteroatoms. The van der Waals surface area contributed by atoms with Crippen LogP contribution in [0.4, 0.5) is 5.82 Å². The molecule has 2 aromatic heterocycles. The van der Waals surface area contributed by atoms with Crippen molar-refractivity contribution < 1.29 is 14.7 Å². The van der Waals surface area contributed by atoms with Crippen molar-refractivity contribution in [2.75, 3.05) is 31.1 Å². The Hall–Kier alpha value is -2.96. The highest BCUT2D eigenvalue weighted by molar-refractivity contribution is 5.95. The van der Waals surface area contributed by atoms with Crippen LogP contribution >= 0.6 is 0 Å². The summed E-state index contributed by atoms with van der Waals surface area (Å²) >= 11 is 0. The van der Waals surface area contributed by atoms with Gasteiger partial charge in [-0.05, 0) is 24.3 Å². The summed E-state index contributed by atoms with van der Waals surface area (Å²) in [6.07, 6.45) is 4.77. The van der Waals surface area contributed by atoms with Crippen LogP contribution in [0.15, 0.2) is 42.9 Å². The Morgan fingerprint density at radius 3 is 2.35 bits per heavy atom. The molecule has 3 rings (SSSR count). The summed E-state index contributed by atoms with van der Waals surface area (Å²) in [7, 11) is 0. The van der Waals surface area contributed by atoms with Crippen LogP contribution < -0.4 is 4.90 Å². The lowest BCUT2D eigenvalue weighted by Crippen LogP contribution is -2.49. The fourth-order valence-corrected chi connectivity index (χ4v) is 2.61. The first kappa shape index (κ1) is 15.0. The minimum Gasteiger partial charge on any atom is -0.478 e. The van der Waals surface area contributed by atoms with Gasteiger partial charge in [0.1, 0.15) is 11.4 Å². The largest absolute Gasteiger partial charge is 0.478 e. The van der Waals surface area contributed by atoms with E-state index in [1.54, 1.807) is 47.8 Å². The SMILES string of the molecule is O=C(O)c1cccnc1N1CCN(C(=O)c2ccncc2)CC1. The highest BCUT2D eigenvalue weighted by Gasteiger charge is 2.25. The molecule has 1 aliphatic rings. The number of carboxylic acids is 1. The summed E-state index contributed by atoms with van der Waals surface area (Å²) in [4.78, 5) is 35.4. The van der Waals surface area contributed by atoms with E-state index in [0.717, 1.165) is 0 Å². The number of pyridine rings is 2. The second kappa shape index (κ2) is 6.43. The zero-order valence-corrected chi connectivity index (χ0v) is 12.4. The predicted molar refractivity (Wildman–Crippen MR) is 83.5 cm³/mol. The third kappa shape index (κ3) is 3.13. The number of carboxylic acid groups (broad SMARTS) is 1. The third-order valence-electron chi connectivity index (χ3n) is 3.81. The first-order valence-electron chi connectivity index (χ1n) is 7.29. The van der Waals surface area contributed by atoms with Gasteiger partial charge < -0.3 is 14.9 Å². The number of rotatable bonds is 3. The van der Waals surface area contributed by atoms with E-state index in [2.05, 4.69) is 9.97 Å². The van der Waals surface area contributed by atoms with Crippen molar-refractivity contribution in [2.24, 2.45) is 0 Å². The van der Waals surface area contributed by atoms with Crippen LogP contribution in [0.1, 0.15) is 20.7 Å². The quantitative estimate of drug-likeness (QED) is 0.914. The minimum absolute atomic E-state index is 0.0356. The maximum Gasteiger partial charge on any atom is 0.339 e.